The standard InChI is InChI=1S/C13H16N4O5/c1-13(2,22-3)7-4-8-14-15-11-6-5-10(16(18)19)9-12(11)17(20)21/h4-9,15H,1-3H3/b7-4+,14-8+. The highest BCUT2D eigenvalue weighted by atomic mass is 16.6. The molecule has 0 radical (unpaired) electrons. The Hall–Kier alpha value is -2.81. The number of hydrazone groups is 1. The first-order valence-corrected chi connectivity index (χ1v) is 6.22. The van der Waals surface area contributed by atoms with E-state index in [4.69, 9.17) is 4.74 Å². The zero-order valence-electron chi connectivity index (χ0n) is 12.3. The highest BCUT2D eigenvalue weighted by molar-refractivity contribution is 5.73. The van der Waals surface area contributed by atoms with Gasteiger partial charge >= 0.3 is 5.69 Å². The van der Waals surface area contributed by atoms with Crippen molar-refractivity contribution in [2.24, 2.45) is 5.10 Å². The third-order valence-corrected chi connectivity index (χ3v) is 2.76. The second kappa shape index (κ2) is 7.27. The first kappa shape index (κ1) is 17.2. The maximum atomic E-state index is 10.9. The van der Waals surface area contributed by atoms with Crippen molar-refractivity contribution in [2.75, 3.05) is 12.5 Å². The maximum absolute atomic E-state index is 10.9. The van der Waals surface area contributed by atoms with Gasteiger partial charge < -0.3 is 4.74 Å². The maximum Gasteiger partial charge on any atom is 0.301 e. The van der Waals surface area contributed by atoms with Crippen molar-refractivity contribution >= 4 is 23.3 Å². The van der Waals surface area contributed by atoms with Crippen LogP contribution in [-0.2, 0) is 4.74 Å². The molecule has 0 heterocycles. The van der Waals surface area contributed by atoms with Gasteiger partial charge in [0.15, 0.2) is 0 Å². The van der Waals surface area contributed by atoms with Crippen molar-refractivity contribution in [1.82, 2.24) is 0 Å². The summed E-state index contributed by atoms with van der Waals surface area (Å²) < 4.78 is 5.17. The topological polar surface area (TPSA) is 120 Å². The van der Waals surface area contributed by atoms with E-state index >= 15 is 0 Å². The summed E-state index contributed by atoms with van der Waals surface area (Å²) in [7, 11) is 1.57. The minimum Gasteiger partial charge on any atom is -0.375 e. The van der Waals surface area contributed by atoms with Crippen LogP contribution in [0.5, 0.6) is 0 Å². The summed E-state index contributed by atoms with van der Waals surface area (Å²) in [5.74, 6) is 0. The molecule has 0 aliphatic heterocycles. The third-order valence-electron chi connectivity index (χ3n) is 2.76. The molecular weight excluding hydrogens is 292 g/mol. The number of nitrogens with one attached hydrogen (secondary N) is 1. The van der Waals surface area contributed by atoms with Crippen LogP contribution in [-0.4, -0.2) is 28.8 Å². The van der Waals surface area contributed by atoms with Crippen molar-refractivity contribution in [1.29, 1.82) is 0 Å². The minimum absolute atomic E-state index is 0.0613. The molecule has 0 spiro atoms. The summed E-state index contributed by atoms with van der Waals surface area (Å²) in [4.78, 5) is 20.1. The highest BCUT2D eigenvalue weighted by Gasteiger charge is 2.19. The number of methoxy groups -OCH3 is 1. The molecule has 0 aromatic heterocycles. The van der Waals surface area contributed by atoms with Gasteiger partial charge in [-0.2, -0.15) is 5.10 Å². The molecule has 0 aliphatic carbocycles. The van der Waals surface area contributed by atoms with Gasteiger partial charge in [0, 0.05) is 19.4 Å². The average Bonchev–Trinajstić information content (AvgIpc) is 2.46. The SMILES string of the molecule is COC(C)(C)/C=C/C=N/Nc1ccc([N+](=O)[O-])cc1[N+](=O)[O-]. The number of nitro benzene ring substituents is 2. The number of non-ortho nitro benzene ring substituents is 1. The second-order valence-electron chi connectivity index (χ2n) is 4.77. The number of allylic oxidation sites excluding steroid dienone is 1. The van der Waals surface area contributed by atoms with Crippen LogP contribution in [0.2, 0.25) is 0 Å². The number of benzene rings is 1. The van der Waals surface area contributed by atoms with Crippen LogP contribution < -0.4 is 5.43 Å². The average molecular weight is 308 g/mol. The Morgan fingerprint density at radius 3 is 2.50 bits per heavy atom. The van der Waals surface area contributed by atoms with Crippen LogP contribution in [0.1, 0.15) is 13.8 Å². The molecule has 22 heavy (non-hydrogen) atoms. The van der Waals surface area contributed by atoms with Crippen molar-refractivity contribution in [3.8, 4) is 0 Å². The Morgan fingerprint density at radius 2 is 1.95 bits per heavy atom. The van der Waals surface area contributed by atoms with Gasteiger partial charge in [0.25, 0.3) is 5.69 Å². The van der Waals surface area contributed by atoms with E-state index in [0.29, 0.717) is 0 Å². The van der Waals surface area contributed by atoms with Crippen molar-refractivity contribution in [2.45, 2.75) is 19.4 Å². The van der Waals surface area contributed by atoms with Crippen LogP contribution in [0.15, 0.2) is 35.5 Å². The van der Waals surface area contributed by atoms with Gasteiger partial charge in [0.05, 0.1) is 21.5 Å². The molecule has 0 atom stereocenters. The van der Waals surface area contributed by atoms with E-state index < -0.39 is 21.1 Å². The molecule has 1 N–H and O–H groups in total. The number of anilines is 1. The third kappa shape index (κ3) is 4.94. The van der Waals surface area contributed by atoms with Crippen molar-refractivity contribution in [3.05, 3.63) is 50.6 Å². The molecule has 0 fully saturated rings. The Balaban J connectivity index is 2.86. The monoisotopic (exact) mass is 308 g/mol. The van der Waals surface area contributed by atoms with Gasteiger partial charge in [0.2, 0.25) is 0 Å². The molecule has 0 unspecified atom stereocenters. The quantitative estimate of drug-likeness (QED) is 0.469. The minimum atomic E-state index is -0.714. The summed E-state index contributed by atoms with van der Waals surface area (Å²) in [6.45, 7) is 3.71. The Morgan fingerprint density at radius 1 is 1.27 bits per heavy atom. The number of ether oxygens (including phenoxy) is 1. The fraction of sp³-hybridized carbons (Fsp3) is 0.308. The molecule has 0 aliphatic rings. The zero-order valence-corrected chi connectivity index (χ0v) is 12.3. The highest BCUT2D eigenvalue weighted by Crippen LogP contribution is 2.28. The molecule has 0 bridgehead atoms. The number of hydrogen-bond acceptors (Lipinski definition) is 7. The summed E-state index contributed by atoms with van der Waals surface area (Å²) in [6.07, 6.45) is 4.77. The summed E-state index contributed by atoms with van der Waals surface area (Å²) in [5, 5.41) is 25.3. The van der Waals surface area contributed by atoms with E-state index in [9.17, 15) is 20.2 Å². The van der Waals surface area contributed by atoms with Crippen molar-refractivity contribution in [3.63, 3.8) is 0 Å². The smallest absolute Gasteiger partial charge is 0.301 e. The number of nitro groups is 2. The summed E-state index contributed by atoms with van der Waals surface area (Å²) in [5.41, 5.74) is 1.30. The molecule has 1 rings (SSSR count). The van der Waals surface area contributed by atoms with Crippen molar-refractivity contribution < 1.29 is 14.6 Å². The molecule has 0 saturated heterocycles. The van der Waals surface area contributed by atoms with Gasteiger partial charge in [-0.3, -0.25) is 25.7 Å². The lowest BCUT2D eigenvalue weighted by Crippen LogP contribution is -2.18. The van der Waals surface area contributed by atoms with Crippen LogP contribution in [0, 0.1) is 20.2 Å². The Bertz CT molecular complexity index is 625. The van der Waals surface area contributed by atoms with E-state index in [0.717, 1.165) is 12.1 Å². The van der Waals surface area contributed by atoms with Crippen LogP contribution in [0.25, 0.3) is 0 Å². The fourth-order valence-electron chi connectivity index (χ4n) is 1.37. The van der Waals surface area contributed by atoms with E-state index in [1.54, 1.807) is 19.3 Å². The lowest BCUT2D eigenvalue weighted by molar-refractivity contribution is -0.393. The first-order chi connectivity index (χ1) is 10.3. The zero-order chi connectivity index (χ0) is 16.8. The molecule has 0 saturated carbocycles. The van der Waals surface area contributed by atoms with E-state index in [-0.39, 0.29) is 11.4 Å². The molecule has 0 amide bonds. The molecule has 9 nitrogen and oxygen atoms in total. The van der Waals surface area contributed by atoms with Gasteiger partial charge in [-0.1, -0.05) is 6.08 Å². The molecule has 1 aromatic rings. The normalized spacial score (nSPS) is 12.0. The molecule has 9 heteroatoms. The molecule has 1 aromatic carbocycles. The largest absolute Gasteiger partial charge is 0.375 e. The van der Waals surface area contributed by atoms with Crippen LogP contribution in [0.4, 0.5) is 17.1 Å². The first-order valence-electron chi connectivity index (χ1n) is 6.22. The van der Waals surface area contributed by atoms with Crippen LogP contribution in [0.3, 0.4) is 0 Å². The predicted octanol–water partition coefficient (Wildman–Crippen LogP) is 2.88. The fourth-order valence-corrected chi connectivity index (χ4v) is 1.37. The Labute approximate surface area is 126 Å². The van der Waals surface area contributed by atoms with Gasteiger partial charge in [-0.25, -0.2) is 0 Å². The predicted molar refractivity (Wildman–Crippen MR) is 82.1 cm³/mol. The summed E-state index contributed by atoms with van der Waals surface area (Å²) >= 11 is 0. The van der Waals surface area contributed by atoms with E-state index in [1.165, 1.54) is 12.3 Å². The number of rotatable bonds is 7. The van der Waals surface area contributed by atoms with E-state index in [2.05, 4.69) is 10.5 Å². The lowest BCUT2D eigenvalue weighted by atomic mass is 10.1. The summed E-state index contributed by atoms with van der Waals surface area (Å²) in [6, 6.07) is 3.27. The second-order valence-corrected chi connectivity index (χ2v) is 4.77. The van der Waals surface area contributed by atoms with Gasteiger partial charge in [-0.05, 0) is 26.0 Å². The Kier molecular flexibility index (Phi) is 5.70. The van der Waals surface area contributed by atoms with Gasteiger partial charge in [0.1, 0.15) is 5.69 Å². The number of nitrogens with zero attached hydrogens (tertiary/aromatic N) is 3. The number of hydrogen-bond donors (Lipinski definition) is 1. The van der Waals surface area contributed by atoms with E-state index in [1.807, 2.05) is 13.8 Å². The molecule has 118 valence electrons. The van der Waals surface area contributed by atoms with Gasteiger partial charge in [-0.15, -0.1) is 0 Å². The lowest BCUT2D eigenvalue weighted by Gasteiger charge is -2.16. The van der Waals surface area contributed by atoms with Crippen LogP contribution >= 0.6 is 0 Å². The molecular formula is C13H16N4O5.